The van der Waals surface area contributed by atoms with Gasteiger partial charge in [0, 0.05) is 29.8 Å². The molecule has 6 aromatic carbocycles. The van der Waals surface area contributed by atoms with E-state index in [0.717, 1.165) is 45.8 Å². The van der Waals surface area contributed by atoms with Gasteiger partial charge >= 0.3 is 0 Å². The summed E-state index contributed by atoms with van der Waals surface area (Å²) in [4.78, 5) is 10.5. The van der Waals surface area contributed by atoms with Crippen LogP contribution in [0.2, 0.25) is 0 Å². The van der Waals surface area contributed by atoms with E-state index in [4.69, 9.17) is 9.97 Å². The number of nitrogens with one attached hydrogen (secondary N) is 1. The lowest BCUT2D eigenvalue weighted by Gasteiger charge is -2.16. The molecule has 0 fully saturated rings. The van der Waals surface area contributed by atoms with Gasteiger partial charge in [-0.25, -0.2) is 9.97 Å². The summed E-state index contributed by atoms with van der Waals surface area (Å²) in [6, 6.07) is 50.9. The maximum atomic E-state index is 5.29. The molecule has 0 saturated carbocycles. The Labute approximate surface area is 240 Å². The standard InChI is InChI=1S/C38H29N3/c1-3-12-27(13-4-1)25-39-26-31-23-22-29-15-8-10-20-33(29)37(31)38-40-35(30-16-5-2-6-17-30)24-36(41-38)34-21-11-18-28-14-7-9-19-32(28)34/h1-24,39H,25-26H2. The molecule has 0 saturated heterocycles. The second kappa shape index (κ2) is 11.2. The summed E-state index contributed by atoms with van der Waals surface area (Å²) in [5.74, 6) is 0.739. The molecule has 0 aliphatic rings. The highest BCUT2D eigenvalue weighted by Gasteiger charge is 2.17. The molecule has 1 N–H and O–H groups in total. The molecule has 1 heterocycles. The Bertz CT molecular complexity index is 1960. The van der Waals surface area contributed by atoms with E-state index < -0.39 is 0 Å². The summed E-state index contributed by atoms with van der Waals surface area (Å²) in [5, 5.41) is 8.36. The Balaban J connectivity index is 1.42. The van der Waals surface area contributed by atoms with Crippen LogP contribution in [0.5, 0.6) is 0 Å². The SMILES string of the molecule is c1ccc(CNCc2ccc3ccccc3c2-c2nc(-c3ccccc3)cc(-c3cccc4ccccc34)n2)cc1. The molecule has 196 valence electrons. The molecule has 0 atom stereocenters. The molecule has 0 amide bonds. The molecule has 3 nitrogen and oxygen atoms in total. The summed E-state index contributed by atoms with van der Waals surface area (Å²) in [6.45, 7) is 1.50. The van der Waals surface area contributed by atoms with Crippen molar-refractivity contribution in [2.75, 3.05) is 0 Å². The van der Waals surface area contributed by atoms with Crippen molar-refractivity contribution in [3.63, 3.8) is 0 Å². The molecule has 41 heavy (non-hydrogen) atoms. The van der Waals surface area contributed by atoms with Crippen molar-refractivity contribution in [3.05, 3.63) is 157 Å². The fraction of sp³-hybridized carbons (Fsp3) is 0.0526. The first-order valence-corrected chi connectivity index (χ1v) is 14.0. The van der Waals surface area contributed by atoms with Gasteiger partial charge in [0.1, 0.15) is 0 Å². The normalized spacial score (nSPS) is 11.2. The summed E-state index contributed by atoms with van der Waals surface area (Å²) >= 11 is 0. The Morgan fingerprint density at radius 1 is 0.488 bits per heavy atom. The Morgan fingerprint density at radius 3 is 1.93 bits per heavy atom. The van der Waals surface area contributed by atoms with Crippen LogP contribution in [-0.4, -0.2) is 9.97 Å². The quantitative estimate of drug-likeness (QED) is 0.225. The van der Waals surface area contributed by atoms with Crippen molar-refractivity contribution >= 4 is 21.5 Å². The van der Waals surface area contributed by atoms with Crippen molar-refractivity contribution in [1.82, 2.24) is 15.3 Å². The Hall–Kier alpha value is -5.12. The van der Waals surface area contributed by atoms with E-state index in [1.54, 1.807) is 0 Å². The first kappa shape index (κ1) is 24.9. The number of hydrogen-bond donors (Lipinski definition) is 1. The summed E-state index contributed by atoms with van der Waals surface area (Å²) < 4.78 is 0. The number of benzene rings is 6. The van der Waals surface area contributed by atoms with Crippen LogP contribution >= 0.6 is 0 Å². The van der Waals surface area contributed by atoms with Gasteiger partial charge in [0.15, 0.2) is 5.82 Å². The second-order valence-electron chi connectivity index (χ2n) is 10.3. The van der Waals surface area contributed by atoms with Crippen molar-refractivity contribution in [2.24, 2.45) is 0 Å². The molecule has 0 spiro atoms. The Kier molecular flexibility index (Phi) is 6.78. The smallest absolute Gasteiger partial charge is 0.161 e. The molecule has 0 aliphatic carbocycles. The number of aromatic nitrogens is 2. The van der Waals surface area contributed by atoms with E-state index >= 15 is 0 Å². The number of rotatable bonds is 7. The van der Waals surface area contributed by atoms with Gasteiger partial charge in [0.2, 0.25) is 0 Å². The lowest BCUT2D eigenvalue weighted by Crippen LogP contribution is -2.14. The fourth-order valence-electron chi connectivity index (χ4n) is 5.57. The minimum absolute atomic E-state index is 0.706. The first-order valence-electron chi connectivity index (χ1n) is 14.0. The molecule has 0 aliphatic heterocycles. The molecular weight excluding hydrogens is 498 g/mol. The number of nitrogens with zero attached hydrogens (tertiary/aromatic N) is 2. The maximum Gasteiger partial charge on any atom is 0.161 e. The van der Waals surface area contributed by atoms with Gasteiger partial charge in [-0.3, -0.25) is 0 Å². The minimum Gasteiger partial charge on any atom is -0.309 e. The topological polar surface area (TPSA) is 37.8 Å². The molecule has 7 rings (SSSR count). The van der Waals surface area contributed by atoms with Crippen LogP contribution in [0.25, 0.3) is 55.4 Å². The average Bonchev–Trinajstić information content (AvgIpc) is 3.05. The highest BCUT2D eigenvalue weighted by Crippen LogP contribution is 2.35. The number of hydrogen-bond acceptors (Lipinski definition) is 3. The van der Waals surface area contributed by atoms with Crippen LogP contribution < -0.4 is 5.32 Å². The van der Waals surface area contributed by atoms with Crippen molar-refractivity contribution in [1.29, 1.82) is 0 Å². The monoisotopic (exact) mass is 527 g/mol. The molecule has 1 aromatic heterocycles. The van der Waals surface area contributed by atoms with Gasteiger partial charge in [0.25, 0.3) is 0 Å². The predicted molar refractivity (Wildman–Crippen MR) is 170 cm³/mol. The van der Waals surface area contributed by atoms with Gasteiger partial charge in [-0.1, -0.05) is 140 Å². The summed E-state index contributed by atoms with van der Waals surface area (Å²) in [7, 11) is 0. The van der Waals surface area contributed by atoms with Gasteiger partial charge in [-0.15, -0.1) is 0 Å². The fourth-order valence-corrected chi connectivity index (χ4v) is 5.57. The second-order valence-corrected chi connectivity index (χ2v) is 10.3. The van der Waals surface area contributed by atoms with E-state index in [9.17, 15) is 0 Å². The van der Waals surface area contributed by atoms with Crippen LogP contribution in [0.3, 0.4) is 0 Å². The maximum absolute atomic E-state index is 5.29. The highest BCUT2D eigenvalue weighted by molar-refractivity contribution is 5.99. The van der Waals surface area contributed by atoms with Crippen LogP contribution in [0.4, 0.5) is 0 Å². The van der Waals surface area contributed by atoms with Crippen LogP contribution in [-0.2, 0) is 13.1 Å². The van der Waals surface area contributed by atoms with Crippen molar-refractivity contribution in [3.8, 4) is 33.9 Å². The van der Waals surface area contributed by atoms with Crippen molar-refractivity contribution < 1.29 is 0 Å². The lowest BCUT2D eigenvalue weighted by molar-refractivity contribution is 0.694. The average molecular weight is 528 g/mol. The van der Waals surface area contributed by atoms with E-state index in [1.807, 2.05) is 6.07 Å². The van der Waals surface area contributed by atoms with E-state index in [2.05, 4.69) is 145 Å². The third kappa shape index (κ3) is 5.11. The highest BCUT2D eigenvalue weighted by atomic mass is 14.9. The summed E-state index contributed by atoms with van der Waals surface area (Å²) in [6.07, 6.45) is 0. The lowest BCUT2D eigenvalue weighted by atomic mass is 9.96. The summed E-state index contributed by atoms with van der Waals surface area (Å²) in [5.41, 5.74) is 7.51. The third-order valence-electron chi connectivity index (χ3n) is 7.59. The minimum atomic E-state index is 0.706. The van der Waals surface area contributed by atoms with E-state index in [-0.39, 0.29) is 0 Å². The van der Waals surface area contributed by atoms with Crippen molar-refractivity contribution in [2.45, 2.75) is 13.1 Å². The molecular formula is C38H29N3. The molecule has 0 radical (unpaired) electrons. The van der Waals surface area contributed by atoms with Gasteiger partial charge in [0.05, 0.1) is 11.4 Å². The zero-order valence-electron chi connectivity index (χ0n) is 22.7. The van der Waals surface area contributed by atoms with Crippen LogP contribution in [0.15, 0.2) is 146 Å². The molecule has 7 aromatic rings. The zero-order valence-corrected chi connectivity index (χ0v) is 22.7. The Morgan fingerprint density at radius 2 is 1.12 bits per heavy atom. The van der Waals surface area contributed by atoms with Crippen LogP contribution in [0, 0.1) is 0 Å². The molecule has 0 bridgehead atoms. The predicted octanol–water partition coefficient (Wildman–Crippen LogP) is 9.07. The van der Waals surface area contributed by atoms with Gasteiger partial charge in [-0.05, 0) is 38.7 Å². The first-order chi connectivity index (χ1) is 20.3. The third-order valence-corrected chi connectivity index (χ3v) is 7.59. The van der Waals surface area contributed by atoms with E-state index in [0.29, 0.717) is 6.54 Å². The largest absolute Gasteiger partial charge is 0.309 e. The van der Waals surface area contributed by atoms with E-state index in [1.165, 1.54) is 27.3 Å². The molecule has 0 unspecified atom stereocenters. The van der Waals surface area contributed by atoms with Gasteiger partial charge < -0.3 is 5.32 Å². The van der Waals surface area contributed by atoms with Crippen LogP contribution in [0.1, 0.15) is 11.1 Å². The zero-order chi connectivity index (χ0) is 27.4. The van der Waals surface area contributed by atoms with Gasteiger partial charge in [-0.2, -0.15) is 0 Å². The number of fused-ring (bicyclic) bond motifs is 2. The molecule has 3 heteroatoms.